The van der Waals surface area contributed by atoms with Gasteiger partial charge in [-0.15, -0.1) is 0 Å². The minimum Gasteiger partial charge on any atom is -0.545 e. The van der Waals surface area contributed by atoms with Crippen molar-refractivity contribution in [1.29, 1.82) is 0 Å². The Balaban J connectivity index is 0.00000144. The van der Waals surface area contributed by atoms with E-state index < -0.39 is 11.9 Å². The van der Waals surface area contributed by atoms with Crippen LogP contribution in [0.5, 0.6) is 0 Å². The maximum absolute atomic E-state index is 10.9. The number of carbonyl (C=O) groups is 2. The van der Waals surface area contributed by atoms with Crippen molar-refractivity contribution >= 4 is 22.7 Å². The molecule has 0 aliphatic rings. The van der Waals surface area contributed by atoms with Crippen LogP contribution >= 0.6 is 0 Å². The molecule has 0 atom stereocenters. The van der Waals surface area contributed by atoms with Crippen LogP contribution in [0.3, 0.4) is 0 Å². The van der Waals surface area contributed by atoms with E-state index >= 15 is 0 Å². The average molecular weight is 327 g/mol. The summed E-state index contributed by atoms with van der Waals surface area (Å²) in [5.74, 6) is -3.04. The molecule has 80 valence electrons. The topological polar surface area (TPSA) is 80.3 Å². The Hall–Kier alpha value is -1.44. The molecular weight excluding hydrogens is 321 g/mol. The molecule has 0 aliphatic carbocycles. The van der Waals surface area contributed by atoms with Crippen LogP contribution in [-0.4, -0.2) is 11.9 Å². The van der Waals surface area contributed by atoms with Crippen molar-refractivity contribution in [3.05, 3.63) is 47.5 Å². The van der Waals surface area contributed by atoms with Gasteiger partial charge in [0, 0.05) is 11.1 Å². The number of carboxylic acid groups (broad SMARTS) is 2. The quantitative estimate of drug-likeness (QED) is 0.701. The summed E-state index contributed by atoms with van der Waals surface area (Å²) in [6.45, 7) is 0. The van der Waals surface area contributed by atoms with Crippen molar-refractivity contribution in [2.75, 3.05) is 0 Å². The summed E-state index contributed by atoms with van der Waals surface area (Å²) < 4.78 is 0. The molecule has 0 aliphatic heterocycles. The van der Waals surface area contributed by atoms with E-state index in [1.165, 1.54) is 18.2 Å². The van der Waals surface area contributed by atoms with Crippen LogP contribution in [0.4, 0.5) is 0 Å². The zero-order valence-corrected chi connectivity index (χ0v) is 12.8. The number of fused-ring (bicyclic) bond motifs is 1. The first kappa shape index (κ1) is 13.6. The SMILES string of the molecule is O=C([O-])c1ccc2ccccc2c1C(=O)[O-].[Cd+2]. The first-order valence-electron chi connectivity index (χ1n) is 4.55. The predicted octanol–water partition coefficient (Wildman–Crippen LogP) is -0.436. The minimum absolute atomic E-state index is 0. The third-order valence-electron chi connectivity index (χ3n) is 2.35. The van der Waals surface area contributed by atoms with Crippen molar-refractivity contribution in [2.24, 2.45) is 0 Å². The van der Waals surface area contributed by atoms with Crippen molar-refractivity contribution < 1.29 is 47.1 Å². The molecule has 0 spiro atoms. The molecule has 5 heteroatoms. The van der Waals surface area contributed by atoms with E-state index in [4.69, 9.17) is 0 Å². The molecule has 0 saturated heterocycles. The molecule has 0 fully saturated rings. The Morgan fingerprint density at radius 1 is 0.882 bits per heavy atom. The van der Waals surface area contributed by atoms with Crippen LogP contribution in [0.1, 0.15) is 20.7 Å². The Bertz CT molecular complexity index is 592. The van der Waals surface area contributed by atoms with Gasteiger partial charge in [-0.25, -0.2) is 0 Å². The maximum atomic E-state index is 10.9. The van der Waals surface area contributed by atoms with Crippen LogP contribution in [-0.2, 0) is 27.3 Å². The van der Waals surface area contributed by atoms with Gasteiger partial charge in [0.2, 0.25) is 0 Å². The molecular formula is C12H6CdO4. The summed E-state index contributed by atoms with van der Waals surface area (Å²) in [7, 11) is 0. The van der Waals surface area contributed by atoms with Gasteiger partial charge in [0.1, 0.15) is 0 Å². The second-order valence-corrected chi connectivity index (χ2v) is 3.28. The molecule has 0 heterocycles. The molecule has 17 heavy (non-hydrogen) atoms. The largest absolute Gasteiger partial charge is 2.00 e. The Morgan fingerprint density at radius 3 is 2.12 bits per heavy atom. The van der Waals surface area contributed by atoms with E-state index in [1.54, 1.807) is 18.2 Å². The van der Waals surface area contributed by atoms with Gasteiger partial charge >= 0.3 is 27.3 Å². The van der Waals surface area contributed by atoms with Crippen molar-refractivity contribution in [2.45, 2.75) is 0 Å². The second kappa shape index (κ2) is 5.26. The standard InChI is InChI=1S/C12H8O4.Cd/c13-11(14)9-6-5-7-3-1-2-4-8(7)10(9)12(15)16;/h1-6H,(H,13,14)(H,15,16);/q;+2/p-2. The number of hydrogen-bond acceptors (Lipinski definition) is 4. The van der Waals surface area contributed by atoms with Gasteiger partial charge in [0.15, 0.2) is 0 Å². The number of hydrogen-bond donors (Lipinski definition) is 0. The summed E-state index contributed by atoms with van der Waals surface area (Å²) in [4.78, 5) is 21.7. The number of carbonyl (C=O) groups excluding carboxylic acids is 2. The van der Waals surface area contributed by atoms with Crippen LogP contribution in [0, 0.1) is 0 Å². The van der Waals surface area contributed by atoms with E-state index in [0.717, 1.165) is 0 Å². The van der Waals surface area contributed by atoms with Gasteiger partial charge in [0.25, 0.3) is 0 Å². The van der Waals surface area contributed by atoms with E-state index in [0.29, 0.717) is 10.8 Å². The van der Waals surface area contributed by atoms with Gasteiger partial charge < -0.3 is 19.8 Å². The second-order valence-electron chi connectivity index (χ2n) is 3.28. The first-order valence-corrected chi connectivity index (χ1v) is 4.55. The molecule has 2 aromatic carbocycles. The van der Waals surface area contributed by atoms with E-state index in [2.05, 4.69) is 0 Å². The number of benzene rings is 2. The predicted molar refractivity (Wildman–Crippen MR) is 52.6 cm³/mol. The van der Waals surface area contributed by atoms with Crippen molar-refractivity contribution in [3.63, 3.8) is 0 Å². The van der Waals surface area contributed by atoms with E-state index in [1.807, 2.05) is 0 Å². The van der Waals surface area contributed by atoms with Crippen LogP contribution in [0.2, 0.25) is 0 Å². The van der Waals surface area contributed by atoms with E-state index in [9.17, 15) is 19.8 Å². The summed E-state index contributed by atoms with van der Waals surface area (Å²) in [6, 6.07) is 9.34. The number of carboxylic acids is 2. The molecule has 0 saturated carbocycles. The van der Waals surface area contributed by atoms with Crippen LogP contribution < -0.4 is 10.2 Å². The molecule has 0 radical (unpaired) electrons. The normalized spacial score (nSPS) is 9.65. The molecule has 0 N–H and O–H groups in total. The fourth-order valence-electron chi connectivity index (χ4n) is 1.66. The average Bonchev–Trinajstić information content (AvgIpc) is 2.27. The Morgan fingerprint density at radius 2 is 1.53 bits per heavy atom. The fraction of sp³-hybridized carbons (Fsp3) is 0. The first-order chi connectivity index (χ1) is 7.61. The zero-order valence-electron chi connectivity index (χ0n) is 8.80. The molecule has 0 bridgehead atoms. The Kier molecular flexibility index (Phi) is 4.22. The van der Waals surface area contributed by atoms with Crippen LogP contribution in [0.25, 0.3) is 10.8 Å². The van der Waals surface area contributed by atoms with Gasteiger partial charge in [-0.05, 0) is 10.8 Å². The zero-order chi connectivity index (χ0) is 11.7. The summed E-state index contributed by atoms with van der Waals surface area (Å²) >= 11 is 0. The summed E-state index contributed by atoms with van der Waals surface area (Å²) in [6.07, 6.45) is 0. The number of rotatable bonds is 2. The van der Waals surface area contributed by atoms with Crippen molar-refractivity contribution in [3.8, 4) is 0 Å². The summed E-state index contributed by atoms with van der Waals surface area (Å²) in [5.41, 5.74) is -0.697. The molecule has 0 amide bonds. The van der Waals surface area contributed by atoms with Gasteiger partial charge in [0.05, 0.1) is 11.9 Å². The third kappa shape index (κ3) is 2.46. The van der Waals surface area contributed by atoms with Crippen molar-refractivity contribution in [1.82, 2.24) is 0 Å². The molecule has 4 nitrogen and oxygen atoms in total. The monoisotopic (exact) mass is 328 g/mol. The maximum Gasteiger partial charge on any atom is 2.00 e. The fourth-order valence-corrected chi connectivity index (χ4v) is 1.66. The third-order valence-corrected chi connectivity index (χ3v) is 2.35. The van der Waals surface area contributed by atoms with Gasteiger partial charge in [-0.1, -0.05) is 36.4 Å². The van der Waals surface area contributed by atoms with Gasteiger partial charge in [-0.3, -0.25) is 0 Å². The smallest absolute Gasteiger partial charge is 0.545 e. The van der Waals surface area contributed by atoms with Gasteiger partial charge in [-0.2, -0.15) is 0 Å². The summed E-state index contributed by atoms with van der Waals surface area (Å²) in [5, 5.41) is 22.7. The van der Waals surface area contributed by atoms with E-state index in [-0.39, 0.29) is 38.4 Å². The Labute approximate surface area is 117 Å². The number of aromatic carboxylic acids is 2. The van der Waals surface area contributed by atoms with Crippen LogP contribution in [0.15, 0.2) is 36.4 Å². The molecule has 2 rings (SSSR count). The molecule has 0 unspecified atom stereocenters. The molecule has 0 aromatic heterocycles. The molecule has 2 aromatic rings. The minimum atomic E-state index is -1.52.